The lowest BCUT2D eigenvalue weighted by Crippen LogP contribution is -2.04. The van der Waals surface area contributed by atoms with Gasteiger partial charge in [0.1, 0.15) is 0 Å². The zero-order valence-corrected chi connectivity index (χ0v) is 10.6. The van der Waals surface area contributed by atoms with Gasteiger partial charge in [0.2, 0.25) is 0 Å². The molecular formula is C11H12INO2. The first-order valence-corrected chi connectivity index (χ1v) is 5.49. The van der Waals surface area contributed by atoms with Crippen LogP contribution in [0.15, 0.2) is 30.9 Å². The fourth-order valence-corrected chi connectivity index (χ4v) is 1.79. The lowest BCUT2D eigenvalue weighted by atomic mass is 10.2. The number of nitrogens with one attached hydrogen (secondary N) is 1. The summed E-state index contributed by atoms with van der Waals surface area (Å²) >= 11 is 2.17. The van der Waals surface area contributed by atoms with Crippen molar-refractivity contribution in [2.24, 2.45) is 0 Å². The molecule has 0 bridgehead atoms. The van der Waals surface area contributed by atoms with E-state index in [2.05, 4.69) is 39.2 Å². The minimum atomic E-state index is -0.316. The first kappa shape index (κ1) is 12.0. The van der Waals surface area contributed by atoms with E-state index in [1.807, 2.05) is 6.07 Å². The smallest absolute Gasteiger partial charge is 0.337 e. The van der Waals surface area contributed by atoms with Crippen LogP contribution in [0.5, 0.6) is 0 Å². The second-order valence-corrected chi connectivity index (χ2v) is 4.02. The Hall–Kier alpha value is -1.04. The minimum Gasteiger partial charge on any atom is -0.465 e. The van der Waals surface area contributed by atoms with Gasteiger partial charge in [-0.2, -0.15) is 0 Å². The summed E-state index contributed by atoms with van der Waals surface area (Å²) in [6.45, 7) is 4.33. The minimum absolute atomic E-state index is 0.316. The van der Waals surface area contributed by atoms with Crippen molar-refractivity contribution in [3.05, 3.63) is 40.0 Å². The van der Waals surface area contributed by atoms with Crippen LogP contribution in [0.1, 0.15) is 10.4 Å². The van der Waals surface area contributed by atoms with E-state index >= 15 is 0 Å². The fraction of sp³-hybridized carbons (Fsp3) is 0.182. The van der Waals surface area contributed by atoms with Gasteiger partial charge in [0, 0.05) is 15.8 Å². The van der Waals surface area contributed by atoms with E-state index in [9.17, 15) is 4.79 Å². The Bertz CT molecular complexity index is 377. The third kappa shape index (κ3) is 3.23. The molecule has 15 heavy (non-hydrogen) atoms. The maximum absolute atomic E-state index is 11.2. The summed E-state index contributed by atoms with van der Waals surface area (Å²) in [5.41, 5.74) is 1.55. The van der Waals surface area contributed by atoms with E-state index in [0.29, 0.717) is 12.1 Å². The predicted molar refractivity (Wildman–Crippen MR) is 69.2 cm³/mol. The van der Waals surface area contributed by atoms with Gasteiger partial charge < -0.3 is 10.1 Å². The molecule has 0 aliphatic heterocycles. The van der Waals surface area contributed by atoms with Crippen molar-refractivity contribution >= 4 is 34.2 Å². The third-order valence-corrected chi connectivity index (χ3v) is 2.72. The molecule has 0 aliphatic carbocycles. The molecule has 0 amide bonds. The number of hydrogen-bond acceptors (Lipinski definition) is 3. The molecule has 0 spiro atoms. The molecule has 0 saturated carbocycles. The molecule has 1 N–H and O–H groups in total. The average molecular weight is 317 g/mol. The van der Waals surface area contributed by atoms with Crippen molar-refractivity contribution in [3.8, 4) is 0 Å². The van der Waals surface area contributed by atoms with Gasteiger partial charge in [-0.3, -0.25) is 0 Å². The summed E-state index contributed by atoms with van der Waals surface area (Å²) in [6.07, 6.45) is 1.78. The Labute approximate surface area is 103 Å². The summed E-state index contributed by atoms with van der Waals surface area (Å²) in [5.74, 6) is -0.316. The number of halogens is 1. The molecule has 0 unspecified atom stereocenters. The van der Waals surface area contributed by atoms with Crippen LogP contribution in [0.3, 0.4) is 0 Å². The molecule has 0 aliphatic rings. The summed E-state index contributed by atoms with van der Waals surface area (Å²) in [6, 6.07) is 5.38. The number of rotatable bonds is 4. The number of methoxy groups -OCH3 is 1. The van der Waals surface area contributed by atoms with Crippen LogP contribution in [0.25, 0.3) is 0 Å². The van der Waals surface area contributed by atoms with E-state index in [1.165, 1.54) is 7.11 Å². The maximum atomic E-state index is 11.2. The lowest BCUT2D eigenvalue weighted by Gasteiger charge is -2.07. The van der Waals surface area contributed by atoms with Crippen LogP contribution in [0.2, 0.25) is 0 Å². The molecule has 80 valence electrons. The Morgan fingerprint density at radius 3 is 2.93 bits per heavy atom. The zero-order chi connectivity index (χ0) is 11.3. The van der Waals surface area contributed by atoms with Crippen molar-refractivity contribution in [2.45, 2.75) is 0 Å². The predicted octanol–water partition coefficient (Wildman–Crippen LogP) is 2.68. The second kappa shape index (κ2) is 5.75. The number of hydrogen-bond donors (Lipinski definition) is 1. The highest BCUT2D eigenvalue weighted by molar-refractivity contribution is 14.1. The number of anilines is 1. The van der Waals surface area contributed by atoms with Crippen molar-refractivity contribution in [1.29, 1.82) is 0 Å². The lowest BCUT2D eigenvalue weighted by molar-refractivity contribution is 0.0600. The normalized spacial score (nSPS) is 9.47. The van der Waals surface area contributed by atoms with Crippen LogP contribution < -0.4 is 5.32 Å². The van der Waals surface area contributed by atoms with Gasteiger partial charge in [0.25, 0.3) is 0 Å². The van der Waals surface area contributed by atoms with Crippen molar-refractivity contribution in [2.75, 3.05) is 19.0 Å². The highest BCUT2D eigenvalue weighted by Crippen LogP contribution is 2.19. The van der Waals surface area contributed by atoms with Gasteiger partial charge >= 0.3 is 5.97 Å². The molecule has 0 radical (unpaired) electrons. The summed E-state index contributed by atoms with van der Waals surface area (Å²) in [5, 5.41) is 3.17. The van der Waals surface area contributed by atoms with Crippen LogP contribution in [0.4, 0.5) is 5.69 Å². The Kier molecular flexibility index (Phi) is 4.61. The zero-order valence-electron chi connectivity index (χ0n) is 8.42. The first-order chi connectivity index (χ1) is 7.19. The quantitative estimate of drug-likeness (QED) is 0.527. The van der Waals surface area contributed by atoms with E-state index in [-0.39, 0.29) is 5.97 Å². The first-order valence-electron chi connectivity index (χ1n) is 4.41. The fourth-order valence-electron chi connectivity index (χ4n) is 1.09. The molecule has 1 aromatic carbocycles. The van der Waals surface area contributed by atoms with Crippen molar-refractivity contribution < 1.29 is 9.53 Å². The number of benzene rings is 1. The van der Waals surface area contributed by atoms with Crippen LogP contribution in [-0.2, 0) is 4.74 Å². The van der Waals surface area contributed by atoms with Gasteiger partial charge in [0.05, 0.1) is 12.7 Å². The molecule has 3 nitrogen and oxygen atoms in total. The van der Waals surface area contributed by atoms with Gasteiger partial charge in [-0.25, -0.2) is 4.79 Å². The van der Waals surface area contributed by atoms with E-state index < -0.39 is 0 Å². The summed E-state index contributed by atoms with van der Waals surface area (Å²) < 4.78 is 5.62. The Morgan fingerprint density at radius 1 is 1.67 bits per heavy atom. The van der Waals surface area contributed by atoms with Crippen molar-refractivity contribution in [1.82, 2.24) is 0 Å². The van der Waals surface area contributed by atoms with Crippen LogP contribution >= 0.6 is 22.6 Å². The Balaban J connectivity index is 2.87. The molecule has 4 heteroatoms. The molecule has 0 atom stereocenters. The topological polar surface area (TPSA) is 38.3 Å². The van der Waals surface area contributed by atoms with E-state index in [1.54, 1.807) is 18.2 Å². The van der Waals surface area contributed by atoms with Gasteiger partial charge in [-0.15, -0.1) is 6.58 Å². The largest absolute Gasteiger partial charge is 0.465 e. The van der Waals surface area contributed by atoms with Gasteiger partial charge in [0.15, 0.2) is 0 Å². The Morgan fingerprint density at radius 2 is 2.40 bits per heavy atom. The molecule has 0 fully saturated rings. The maximum Gasteiger partial charge on any atom is 0.337 e. The number of carbonyl (C=O) groups excluding carboxylic acids is 1. The SMILES string of the molecule is C=CCNc1ccc(C(=O)OC)cc1I. The monoisotopic (exact) mass is 317 g/mol. The molecule has 0 heterocycles. The van der Waals surface area contributed by atoms with Gasteiger partial charge in [-0.1, -0.05) is 6.08 Å². The van der Waals surface area contributed by atoms with Gasteiger partial charge in [-0.05, 0) is 40.8 Å². The highest BCUT2D eigenvalue weighted by Gasteiger charge is 2.07. The average Bonchev–Trinajstić information content (AvgIpc) is 2.26. The molecule has 1 aromatic rings. The number of ether oxygens (including phenoxy) is 1. The summed E-state index contributed by atoms with van der Waals surface area (Å²) in [4.78, 5) is 11.2. The van der Waals surface area contributed by atoms with E-state index in [4.69, 9.17) is 0 Å². The highest BCUT2D eigenvalue weighted by atomic mass is 127. The summed E-state index contributed by atoms with van der Waals surface area (Å²) in [7, 11) is 1.37. The van der Waals surface area contributed by atoms with Crippen LogP contribution in [0, 0.1) is 3.57 Å². The molecular weight excluding hydrogens is 305 g/mol. The third-order valence-electron chi connectivity index (χ3n) is 1.83. The molecule has 0 saturated heterocycles. The second-order valence-electron chi connectivity index (χ2n) is 2.86. The van der Waals surface area contributed by atoms with Crippen LogP contribution in [-0.4, -0.2) is 19.6 Å². The molecule has 0 aromatic heterocycles. The number of carbonyl (C=O) groups is 1. The standard InChI is InChI=1S/C11H12INO2/c1-3-6-13-10-5-4-8(7-9(10)12)11(14)15-2/h3-5,7,13H,1,6H2,2H3. The number of esters is 1. The molecule has 1 rings (SSSR count). The van der Waals surface area contributed by atoms with E-state index in [0.717, 1.165) is 9.26 Å². The van der Waals surface area contributed by atoms with Crippen molar-refractivity contribution in [3.63, 3.8) is 0 Å².